The predicted octanol–water partition coefficient (Wildman–Crippen LogP) is 5.31. The highest BCUT2D eigenvalue weighted by Gasteiger charge is 2.37. The van der Waals surface area contributed by atoms with Gasteiger partial charge in [0, 0.05) is 28.9 Å². The van der Waals surface area contributed by atoms with Crippen LogP contribution in [0.5, 0.6) is 0 Å². The molecule has 5 rings (SSSR count). The number of nitrogens with zero attached hydrogens (tertiary/aromatic N) is 2. The standard InChI is InChI=1S/C27H17N3O5/c31-25(28-24-9-5-4-8-21(24)17-6-2-1-3-7-17)18-10-12-19(13-11-18)29-26(32)22-15-14-20(30(34)35)16-23(22)27(29)33/h1-16H,(H,28,31). The third kappa shape index (κ3) is 3.93. The summed E-state index contributed by atoms with van der Waals surface area (Å²) in [6.07, 6.45) is 0. The number of amides is 3. The molecule has 0 fully saturated rings. The van der Waals surface area contributed by atoms with Gasteiger partial charge in [-0.3, -0.25) is 24.5 Å². The highest BCUT2D eigenvalue weighted by Crippen LogP contribution is 2.31. The van der Waals surface area contributed by atoms with E-state index in [9.17, 15) is 24.5 Å². The van der Waals surface area contributed by atoms with Crippen LogP contribution >= 0.6 is 0 Å². The Bertz CT molecular complexity index is 1500. The van der Waals surface area contributed by atoms with Crippen LogP contribution in [0.1, 0.15) is 31.1 Å². The van der Waals surface area contributed by atoms with Crippen LogP contribution in [0.2, 0.25) is 0 Å². The molecule has 0 atom stereocenters. The average molecular weight is 463 g/mol. The van der Waals surface area contributed by atoms with Gasteiger partial charge < -0.3 is 5.32 Å². The van der Waals surface area contributed by atoms with Gasteiger partial charge in [0.25, 0.3) is 23.4 Å². The Hall–Kier alpha value is -5.11. The van der Waals surface area contributed by atoms with E-state index in [1.807, 2.05) is 54.6 Å². The first-order valence-electron chi connectivity index (χ1n) is 10.7. The van der Waals surface area contributed by atoms with Crippen molar-refractivity contribution in [2.24, 2.45) is 0 Å². The Morgan fingerprint density at radius 2 is 1.40 bits per heavy atom. The summed E-state index contributed by atoms with van der Waals surface area (Å²) < 4.78 is 0. The van der Waals surface area contributed by atoms with E-state index in [2.05, 4.69) is 5.32 Å². The van der Waals surface area contributed by atoms with E-state index in [-0.39, 0.29) is 28.4 Å². The van der Waals surface area contributed by atoms with E-state index in [0.29, 0.717) is 11.3 Å². The fourth-order valence-electron chi connectivity index (χ4n) is 3.99. The van der Waals surface area contributed by atoms with Crippen molar-refractivity contribution in [2.75, 3.05) is 10.2 Å². The molecule has 0 aromatic heterocycles. The van der Waals surface area contributed by atoms with Crippen LogP contribution in [0.15, 0.2) is 97.1 Å². The first kappa shape index (κ1) is 21.7. The molecule has 1 N–H and O–H groups in total. The second-order valence-corrected chi connectivity index (χ2v) is 7.85. The van der Waals surface area contributed by atoms with E-state index in [1.165, 1.54) is 36.4 Å². The lowest BCUT2D eigenvalue weighted by Crippen LogP contribution is -2.29. The summed E-state index contributed by atoms with van der Waals surface area (Å²) in [7, 11) is 0. The second-order valence-electron chi connectivity index (χ2n) is 7.85. The van der Waals surface area contributed by atoms with Crippen LogP contribution in [0.3, 0.4) is 0 Å². The number of non-ortho nitro benzene ring substituents is 1. The van der Waals surface area contributed by atoms with Gasteiger partial charge in [-0.05, 0) is 42.0 Å². The number of nitrogens with one attached hydrogen (secondary N) is 1. The van der Waals surface area contributed by atoms with Crippen LogP contribution in [0.25, 0.3) is 11.1 Å². The molecule has 8 heteroatoms. The zero-order chi connectivity index (χ0) is 24.5. The van der Waals surface area contributed by atoms with Gasteiger partial charge in [0.15, 0.2) is 0 Å². The van der Waals surface area contributed by atoms with E-state index in [4.69, 9.17) is 0 Å². The number of carbonyl (C=O) groups is 3. The largest absolute Gasteiger partial charge is 0.321 e. The van der Waals surface area contributed by atoms with Gasteiger partial charge in [-0.25, -0.2) is 4.90 Å². The number of anilines is 2. The summed E-state index contributed by atoms with van der Waals surface area (Å²) in [4.78, 5) is 49.9. The van der Waals surface area contributed by atoms with Crippen LogP contribution in [-0.2, 0) is 0 Å². The minimum Gasteiger partial charge on any atom is -0.321 e. The van der Waals surface area contributed by atoms with Gasteiger partial charge in [0.2, 0.25) is 0 Å². The molecule has 3 amide bonds. The number of rotatable bonds is 5. The molecule has 0 bridgehead atoms. The molecule has 0 aliphatic carbocycles. The molecule has 1 aliphatic rings. The maximum absolute atomic E-state index is 12.9. The van der Waals surface area contributed by atoms with Crippen molar-refractivity contribution >= 4 is 34.8 Å². The lowest BCUT2D eigenvalue weighted by Gasteiger charge is -2.15. The number of carbonyl (C=O) groups excluding carboxylic acids is 3. The monoisotopic (exact) mass is 463 g/mol. The molecule has 4 aromatic rings. The topological polar surface area (TPSA) is 110 Å². The molecule has 35 heavy (non-hydrogen) atoms. The number of fused-ring (bicyclic) bond motifs is 1. The number of nitro groups is 1. The van der Waals surface area contributed by atoms with Gasteiger partial charge in [-0.2, -0.15) is 0 Å². The molecule has 0 radical (unpaired) electrons. The summed E-state index contributed by atoms with van der Waals surface area (Å²) in [6, 6.07) is 26.7. The Morgan fingerprint density at radius 3 is 2.11 bits per heavy atom. The van der Waals surface area contributed by atoms with Crippen molar-refractivity contribution in [1.29, 1.82) is 0 Å². The molecule has 0 saturated heterocycles. The molecule has 170 valence electrons. The normalized spacial score (nSPS) is 12.4. The minimum absolute atomic E-state index is 0.0245. The van der Waals surface area contributed by atoms with Gasteiger partial charge in [0.05, 0.1) is 21.7 Å². The Labute approximate surface area is 199 Å². The van der Waals surface area contributed by atoms with Crippen molar-refractivity contribution in [3.8, 4) is 11.1 Å². The summed E-state index contributed by atoms with van der Waals surface area (Å²) in [5, 5.41) is 13.9. The fraction of sp³-hybridized carbons (Fsp3) is 0. The second kappa shape index (κ2) is 8.68. The molecule has 1 aliphatic heterocycles. The molecule has 0 saturated carbocycles. The van der Waals surface area contributed by atoms with Crippen molar-refractivity contribution in [3.63, 3.8) is 0 Å². The van der Waals surface area contributed by atoms with Gasteiger partial charge in [-0.1, -0.05) is 48.5 Å². The Morgan fingerprint density at radius 1 is 0.743 bits per heavy atom. The van der Waals surface area contributed by atoms with Gasteiger partial charge in [0.1, 0.15) is 0 Å². The van der Waals surface area contributed by atoms with E-state index in [0.717, 1.165) is 22.1 Å². The number of imide groups is 1. The number of nitro benzene ring substituents is 1. The van der Waals surface area contributed by atoms with E-state index < -0.39 is 16.7 Å². The average Bonchev–Trinajstić information content (AvgIpc) is 3.14. The van der Waals surface area contributed by atoms with Crippen molar-refractivity contribution in [2.45, 2.75) is 0 Å². The molecule has 8 nitrogen and oxygen atoms in total. The number of benzene rings is 4. The number of hydrogen-bond acceptors (Lipinski definition) is 5. The third-order valence-corrected chi connectivity index (χ3v) is 5.73. The SMILES string of the molecule is O=C(Nc1ccccc1-c1ccccc1)c1ccc(N2C(=O)c3ccc([N+](=O)[O-])cc3C2=O)cc1. The number of para-hydroxylation sites is 1. The predicted molar refractivity (Wildman–Crippen MR) is 131 cm³/mol. The van der Waals surface area contributed by atoms with Crippen molar-refractivity contribution in [1.82, 2.24) is 0 Å². The van der Waals surface area contributed by atoms with Gasteiger partial charge >= 0.3 is 0 Å². The summed E-state index contributed by atoms with van der Waals surface area (Å²) >= 11 is 0. The molecule has 0 unspecified atom stereocenters. The minimum atomic E-state index is -0.650. The van der Waals surface area contributed by atoms with E-state index in [1.54, 1.807) is 0 Å². The maximum Gasteiger partial charge on any atom is 0.270 e. The Balaban J connectivity index is 1.37. The first-order chi connectivity index (χ1) is 16.9. The highest BCUT2D eigenvalue weighted by atomic mass is 16.6. The lowest BCUT2D eigenvalue weighted by molar-refractivity contribution is -0.384. The lowest BCUT2D eigenvalue weighted by atomic mass is 10.0. The van der Waals surface area contributed by atoms with Crippen LogP contribution in [0.4, 0.5) is 17.1 Å². The van der Waals surface area contributed by atoms with E-state index >= 15 is 0 Å². The summed E-state index contributed by atoms with van der Waals surface area (Å²) in [5.74, 6) is -1.57. The molecular formula is C27H17N3O5. The van der Waals surface area contributed by atoms with Crippen molar-refractivity contribution in [3.05, 3.63) is 124 Å². The van der Waals surface area contributed by atoms with Crippen LogP contribution in [0, 0.1) is 10.1 Å². The fourth-order valence-corrected chi connectivity index (χ4v) is 3.99. The highest BCUT2D eigenvalue weighted by molar-refractivity contribution is 6.34. The number of hydrogen-bond donors (Lipinski definition) is 1. The summed E-state index contributed by atoms with van der Waals surface area (Å²) in [6.45, 7) is 0. The quantitative estimate of drug-likeness (QED) is 0.245. The molecule has 4 aromatic carbocycles. The smallest absolute Gasteiger partial charge is 0.270 e. The first-order valence-corrected chi connectivity index (χ1v) is 10.7. The molecule has 1 heterocycles. The molecule has 0 spiro atoms. The van der Waals surface area contributed by atoms with Gasteiger partial charge in [-0.15, -0.1) is 0 Å². The zero-order valence-corrected chi connectivity index (χ0v) is 18.2. The summed E-state index contributed by atoms with van der Waals surface area (Å²) in [5.41, 5.74) is 2.89. The molecular weight excluding hydrogens is 446 g/mol. The van der Waals surface area contributed by atoms with Crippen LogP contribution < -0.4 is 10.2 Å². The van der Waals surface area contributed by atoms with Crippen LogP contribution in [-0.4, -0.2) is 22.6 Å². The zero-order valence-electron chi connectivity index (χ0n) is 18.2. The Kier molecular flexibility index (Phi) is 5.39. The van der Waals surface area contributed by atoms with Crippen molar-refractivity contribution < 1.29 is 19.3 Å². The third-order valence-electron chi connectivity index (χ3n) is 5.73. The maximum atomic E-state index is 12.9.